The predicted molar refractivity (Wildman–Crippen MR) is 74.4 cm³/mol. The first-order chi connectivity index (χ1) is 8.17. The second kappa shape index (κ2) is 5.40. The van der Waals surface area contributed by atoms with Gasteiger partial charge in [0, 0.05) is 17.5 Å². The van der Waals surface area contributed by atoms with Crippen molar-refractivity contribution in [2.24, 2.45) is 0 Å². The first-order valence-electron chi connectivity index (χ1n) is 5.61. The van der Waals surface area contributed by atoms with Crippen molar-refractivity contribution in [3.8, 4) is 0 Å². The van der Waals surface area contributed by atoms with Crippen LogP contribution in [0.3, 0.4) is 0 Å². The van der Waals surface area contributed by atoms with Crippen molar-refractivity contribution in [2.75, 3.05) is 12.8 Å². The van der Waals surface area contributed by atoms with Crippen molar-refractivity contribution >= 4 is 33.6 Å². The summed E-state index contributed by atoms with van der Waals surface area (Å²) in [7, 11) is 0. The minimum absolute atomic E-state index is 0.0506. The Labute approximate surface area is 114 Å². The summed E-state index contributed by atoms with van der Waals surface area (Å²) in [5.41, 5.74) is 0.600. The van der Waals surface area contributed by atoms with Crippen LogP contribution in [0.15, 0.2) is 22.9 Å². The van der Waals surface area contributed by atoms with E-state index >= 15 is 0 Å². The van der Waals surface area contributed by atoms with Gasteiger partial charge in [-0.05, 0) is 47.2 Å². The van der Waals surface area contributed by atoms with Crippen molar-refractivity contribution < 1.29 is 4.79 Å². The van der Waals surface area contributed by atoms with Crippen molar-refractivity contribution in [2.45, 2.75) is 24.0 Å². The van der Waals surface area contributed by atoms with E-state index in [0.29, 0.717) is 10.2 Å². The zero-order chi connectivity index (χ0) is 12.3. The second-order valence-corrected chi connectivity index (χ2v) is 6.29. The lowest BCUT2D eigenvalue weighted by Crippen LogP contribution is -2.45. The van der Waals surface area contributed by atoms with E-state index in [4.69, 9.17) is 0 Å². The van der Waals surface area contributed by atoms with Crippen LogP contribution in [0.4, 0.5) is 0 Å². The first-order valence-corrected chi connectivity index (χ1v) is 7.62. The van der Waals surface area contributed by atoms with E-state index in [1.54, 1.807) is 18.3 Å². The first kappa shape index (κ1) is 12.9. The monoisotopic (exact) mass is 314 g/mol. The molecular formula is C12H15BrN2OS. The van der Waals surface area contributed by atoms with Crippen molar-refractivity contribution in [3.05, 3.63) is 28.5 Å². The second-order valence-electron chi connectivity index (χ2n) is 4.27. The smallest absolute Gasteiger partial charge is 0.254 e. The molecule has 1 amide bonds. The number of thioether (sulfide) groups is 1. The molecule has 17 heavy (non-hydrogen) atoms. The number of hydrogen-bond acceptors (Lipinski definition) is 3. The van der Waals surface area contributed by atoms with Gasteiger partial charge in [0.1, 0.15) is 4.60 Å². The van der Waals surface area contributed by atoms with Crippen LogP contribution in [-0.4, -0.2) is 28.4 Å². The van der Waals surface area contributed by atoms with Gasteiger partial charge in [-0.3, -0.25) is 4.79 Å². The van der Waals surface area contributed by atoms with Gasteiger partial charge >= 0.3 is 0 Å². The zero-order valence-electron chi connectivity index (χ0n) is 9.70. The molecule has 1 saturated carbocycles. The molecule has 1 aromatic heterocycles. The van der Waals surface area contributed by atoms with Crippen molar-refractivity contribution in [3.63, 3.8) is 0 Å². The van der Waals surface area contributed by atoms with Gasteiger partial charge in [-0.2, -0.15) is 11.8 Å². The standard InChI is InChI=1S/C12H15BrN2OS/c1-17-12(5-3-6-12)8-15-11(16)9-4-2-7-14-10(9)13/h2,4,7H,3,5-6,8H2,1H3,(H,15,16). The molecule has 0 aliphatic heterocycles. The molecule has 0 unspecified atom stereocenters. The van der Waals surface area contributed by atoms with Crippen LogP contribution in [0.25, 0.3) is 0 Å². The highest BCUT2D eigenvalue weighted by molar-refractivity contribution is 9.10. The predicted octanol–water partition coefficient (Wildman–Crippen LogP) is 2.86. The number of carbonyl (C=O) groups is 1. The van der Waals surface area contributed by atoms with Crippen LogP contribution in [0.2, 0.25) is 0 Å². The summed E-state index contributed by atoms with van der Waals surface area (Å²) in [5, 5.41) is 3.00. The van der Waals surface area contributed by atoms with Crippen LogP contribution in [-0.2, 0) is 0 Å². The summed E-state index contributed by atoms with van der Waals surface area (Å²) < 4.78 is 0.869. The summed E-state index contributed by atoms with van der Waals surface area (Å²) in [6, 6.07) is 3.55. The fourth-order valence-corrected chi connectivity index (χ4v) is 3.26. The van der Waals surface area contributed by atoms with E-state index in [0.717, 1.165) is 6.54 Å². The Kier molecular flexibility index (Phi) is 4.09. The molecule has 0 bridgehead atoms. The van der Waals surface area contributed by atoms with Crippen LogP contribution >= 0.6 is 27.7 Å². The Bertz CT molecular complexity index is 415. The van der Waals surface area contributed by atoms with Crippen LogP contribution < -0.4 is 5.32 Å². The Morgan fingerprint density at radius 3 is 2.94 bits per heavy atom. The lowest BCUT2D eigenvalue weighted by atomic mass is 9.84. The number of pyridine rings is 1. The number of nitrogens with zero attached hydrogens (tertiary/aromatic N) is 1. The molecule has 0 saturated heterocycles. The zero-order valence-corrected chi connectivity index (χ0v) is 12.1. The fourth-order valence-electron chi connectivity index (χ4n) is 1.92. The quantitative estimate of drug-likeness (QED) is 0.869. The molecule has 1 aliphatic carbocycles. The molecule has 1 N–H and O–H groups in total. The maximum atomic E-state index is 12.0. The summed E-state index contributed by atoms with van der Waals surface area (Å²) >= 11 is 5.15. The molecule has 1 aromatic rings. The van der Waals surface area contributed by atoms with Crippen molar-refractivity contribution in [1.82, 2.24) is 10.3 Å². The molecule has 0 radical (unpaired) electrons. The Balaban J connectivity index is 1.96. The Morgan fingerprint density at radius 1 is 1.65 bits per heavy atom. The fraction of sp³-hybridized carbons (Fsp3) is 0.500. The third-order valence-corrected chi connectivity index (χ3v) is 5.32. The number of carbonyl (C=O) groups excluding carboxylic acids is 1. The summed E-state index contributed by atoms with van der Waals surface area (Å²) in [6.07, 6.45) is 7.44. The van der Waals surface area contributed by atoms with Crippen molar-refractivity contribution in [1.29, 1.82) is 0 Å². The van der Waals surface area contributed by atoms with Crippen LogP contribution in [0, 0.1) is 0 Å². The van der Waals surface area contributed by atoms with E-state index in [1.165, 1.54) is 19.3 Å². The highest BCUT2D eigenvalue weighted by Gasteiger charge is 2.36. The molecule has 0 spiro atoms. The van der Waals surface area contributed by atoms with E-state index in [-0.39, 0.29) is 10.7 Å². The van der Waals surface area contributed by atoms with E-state index < -0.39 is 0 Å². The Hall–Kier alpha value is -0.550. The highest BCUT2D eigenvalue weighted by Crippen LogP contribution is 2.42. The van der Waals surface area contributed by atoms with Crippen LogP contribution in [0.5, 0.6) is 0 Å². The highest BCUT2D eigenvalue weighted by atomic mass is 79.9. The van der Waals surface area contributed by atoms with Crippen LogP contribution in [0.1, 0.15) is 29.6 Å². The molecule has 1 aliphatic rings. The Morgan fingerprint density at radius 2 is 2.41 bits per heavy atom. The molecule has 92 valence electrons. The number of amides is 1. The number of nitrogens with one attached hydrogen (secondary N) is 1. The van der Waals surface area contributed by atoms with Gasteiger partial charge in [-0.25, -0.2) is 4.98 Å². The molecule has 0 aromatic carbocycles. The normalized spacial score (nSPS) is 17.3. The molecule has 0 atom stereocenters. The van der Waals surface area contributed by atoms with Gasteiger partial charge in [-0.1, -0.05) is 6.42 Å². The number of rotatable bonds is 4. The van der Waals surface area contributed by atoms with Gasteiger partial charge < -0.3 is 5.32 Å². The van der Waals surface area contributed by atoms with Gasteiger partial charge in [-0.15, -0.1) is 0 Å². The summed E-state index contributed by atoms with van der Waals surface area (Å²) in [4.78, 5) is 16.0. The molecular weight excluding hydrogens is 300 g/mol. The molecule has 3 nitrogen and oxygen atoms in total. The lowest BCUT2D eigenvalue weighted by Gasteiger charge is -2.40. The minimum atomic E-state index is -0.0506. The molecule has 1 heterocycles. The van der Waals surface area contributed by atoms with E-state index in [2.05, 4.69) is 32.5 Å². The van der Waals surface area contributed by atoms with Gasteiger partial charge in [0.15, 0.2) is 0 Å². The number of halogens is 1. The maximum absolute atomic E-state index is 12.0. The number of hydrogen-bond donors (Lipinski definition) is 1. The topological polar surface area (TPSA) is 42.0 Å². The largest absolute Gasteiger partial charge is 0.351 e. The average molecular weight is 315 g/mol. The maximum Gasteiger partial charge on any atom is 0.254 e. The number of aromatic nitrogens is 1. The summed E-state index contributed by atoms with van der Waals surface area (Å²) in [5.74, 6) is -0.0506. The summed E-state index contributed by atoms with van der Waals surface area (Å²) in [6.45, 7) is 0.744. The molecule has 2 rings (SSSR count). The third kappa shape index (κ3) is 2.83. The van der Waals surface area contributed by atoms with Gasteiger partial charge in [0.05, 0.1) is 5.56 Å². The molecule has 1 fully saturated rings. The van der Waals surface area contributed by atoms with E-state index in [9.17, 15) is 4.79 Å². The minimum Gasteiger partial charge on any atom is -0.351 e. The van der Waals surface area contributed by atoms with E-state index in [1.807, 2.05) is 11.8 Å². The van der Waals surface area contributed by atoms with Gasteiger partial charge in [0.2, 0.25) is 0 Å². The average Bonchev–Trinajstić information content (AvgIpc) is 2.28. The third-order valence-electron chi connectivity index (χ3n) is 3.27. The SMILES string of the molecule is CSC1(CNC(=O)c2cccnc2Br)CCC1. The lowest BCUT2D eigenvalue weighted by molar-refractivity contribution is 0.0942. The van der Waals surface area contributed by atoms with Gasteiger partial charge in [0.25, 0.3) is 5.91 Å². The molecule has 5 heteroatoms.